The quantitative estimate of drug-likeness (QED) is 0.738. The first kappa shape index (κ1) is 15.0. The summed E-state index contributed by atoms with van der Waals surface area (Å²) in [7, 11) is 1.60. The normalized spacial score (nSPS) is 13.4. The number of imide groups is 1. The zero-order chi connectivity index (χ0) is 14.4. The first-order valence-corrected chi connectivity index (χ1v) is 5.94. The predicted octanol–water partition coefficient (Wildman–Crippen LogP) is 0.929. The standard InChI is InChI=1S/C13H19N3O3/c1-8(10-4-6-11(19-3)7-5-10)15-9(2)12(17)16-13(14)18/h4-9,15H,1-3H3,(H3,14,16,17,18). The van der Waals surface area contributed by atoms with Gasteiger partial charge in [0, 0.05) is 6.04 Å². The maximum absolute atomic E-state index is 11.5. The molecule has 1 aromatic rings. The van der Waals surface area contributed by atoms with E-state index in [4.69, 9.17) is 10.5 Å². The molecule has 1 rings (SSSR count). The lowest BCUT2D eigenvalue weighted by atomic mass is 10.1. The molecule has 0 aliphatic rings. The Morgan fingerprint density at radius 3 is 2.26 bits per heavy atom. The van der Waals surface area contributed by atoms with Crippen LogP contribution in [0, 0.1) is 0 Å². The lowest BCUT2D eigenvalue weighted by molar-refractivity contribution is -0.121. The minimum atomic E-state index is -0.851. The van der Waals surface area contributed by atoms with Crippen molar-refractivity contribution >= 4 is 11.9 Å². The van der Waals surface area contributed by atoms with E-state index in [1.54, 1.807) is 14.0 Å². The number of methoxy groups -OCH3 is 1. The van der Waals surface area contributed by atoms with Gasteiger partial charge in [0.05, 0.1) is 13.2 Å². The summed E-state index contributed by atoms with van der Waals surface area (Å²) < 4.78 is 5.08. The van der Waals surface area contributed by atoms with Crippen LogP contribution in [0.4, 0.5) is 4.79 Å². The van der Waals surface area contributed by atoms with Gasteiger partial charge in [-0.3, -0.25) is 15.4 Å². The number of hydrogen-bond acceptors (Lipinski definition) is 4. The van der Waals surface area contributed by atoms with Crippen LogP contribution in [0.2, 0.25) is 0 Å². The van der Waals surface area contributed by atoms with Crippen LogP contribution in [0.3, 0.4) is 0 Å². The van der Waals surface area contributed by atoms with Crippen LogP contribution in [0.15, 0.2) is 24.3 Å². The van der Waals surface area contributed by atoms with E-state index in [2.05, 4.69) is 5.32 Å². The van der Waals surface area contributed by atoms with Crippen molar-refractivity contribution in [3.63, 3.8) is 0 Å². The van der Waals surface area contributed by atoms with E-state index in [0.717, 1.165) is 11.3 Å². The molecule has 104 valence electrons. The van der Waals surface area contributed by atoms with Crippen LogP contribution >= 0.6 is 0 Å². The van der Waals surface area contributed by atoms with Crippen LogP contribution in [-0.2, 0) is 4.79 Å². The number of benzene rings is 1. The topological polar surface area (TPSA) is 93.4 Å². The summed E-state index contributed by atoms with van der Waals surface area (Å²) in [5.74, 6) is 0.323. The molecule has 0 saturated heterocycles. The zero-order valence-electron chi connectivity index (χ0n) is 11.3. The molecule has 0 radical (unpaired) electrons. The molecule has 6 heteroatoms. The molecule has 6 nitrogen and oxygen atoms in total. The largest absolute Gasteiger partial charge is 0.497 e. The van der Waals surface area contributed by atoms with Crippen molar-refractivity contribution in [3.8, 4) is 5.75 Å². The molecule has 0 fully saturated rings. The second-order valence-corrected chi connectivity index (χ2v) is 4.24. The van der Waals surface area contributed by atoms with Crippen molar-refractivity contribution in [2.24, 2.45) is 5.73 Å². The number of ether oxygens (including phenoxy) is 1. The third kappa shape index (κ3) is 4.59. The van der Waals surface area contributed by atoms with Crippen molar-refractivity contribution in [3.05, 3.63) is 29.8 Å². The van der Waals surface area contributed by atoms with Gasteiger partial charge in [-0.1, -0.05) is 12.1 Å². The van der Waals surface area contributed by atoms with E-state index < -0.39 is 18.0 Å². The number of nitrogens with one attached hydrogen (secondary N) is 2. The summed E-state index contributed by atoms with van der Waals surface area (Å²) in [6.07, 6.45) is 0. The van der Waals surface area contributed by atoms with Crippen molar-refractivity contribution in [2.45, 2.75) is 25.9 Å². The number of primary amides is 1. The number of carbonyl (C=O) groups is 2. The van der Waals surface area contributed by atoms with Gasteiger partial charge in [0.25, 0.3) is 0 Å². The number of nitrogens with two attached hydrogens (primary N) is 1. The molecule has 1 aromatic carbocycles. The molecule has 4 N–H and O–H groups in total. The van der Waals surface area contributed by atoms with Crippen LogP contribution < -0.4 is 21.1 Å². The van der Waals surface area contributed by atoms with Crippen LogP contribution in [0.1, 0.15) is 25.5 Å². The predicted molar refractivity (Wildman–Crippen MR) is 71.7 cm³/mol. The highest BCUT2D eigenvalue weighted by Crippen LogP contribution is 2.17. The Balaban J connectivity index is 2.60. The van der Waals surface area contributed by atoms with Crippen molar-refractivity contribution < 1.29 is 14.3 Å². The van der Waals surface area contributed by atoms with Gasteiger partial charge in [-0.15, -0.1) is 0 Å². The molecule has 0 spiro atoms. The second-order valence-electron chi connectivity index (χ2n) is 4.24. The first-order chi connectivity index (χ1) is 8.93. The molecule has 0 aliphatic heterocycles. The summed E-state index contributed by atoms with van der Waals surface area (Å²) in [5, 5.41) is 5.11. The SMILES string of the molecule is COc1ccc(C(C)NC(C)C(=O)NC(N)=O)cc1. The Bertz CT molecular complexity index is 445. The third-order valence-corrected chi connectivity index (χ3v) is 2.76. The van der Waals surface area contributed by atoms with Crippen LogP contribution in [0.25, 0.3) is 0 Å². The van der Waals surface area contributed by atoms with Crippen molar-refractivity contribution in [2.75, 3.05) is 7.11 Å². The van der Waals surface area contributed by atoms with E-state index in [1.807, 2.05) is 36.5 Å². The van der Waals surface area contributed by atoms with E-state index in [-0.39, 0.29) is 6.04 Å². The summed E-state index contributed by atoms with van der Waals surface area (Å²) in [5.41, 5.74) is 5.91. The molecule has 2 unspecified atom stereocenters. The van der Waals surface area contributed by atoms with Crippen molar-refractivity contribution in [1.82, 2.24) is 10.6 Å². The molecule has 3 amide bonds. The van der Waals surface area contributed by atoms with Crippen LogP contribution in [-0.4, -0.2) is 25.1 Å². The van der Waals surface area contributed by atoms with Gasteiger partial charge in [0.15, 0.2) is 0 Å². The lowest BCUT2D eigenvalue weighted by Gasteiger charge is -2.19. The molecule has 2 atom stereocenters. The van der Waals surface area contributed by atoms with E-state index in [9.17, 15) is 9.59 Å². The molecular weight excluding hydrogens is 246 g/mol. The zero-order valence-corrected chi connectivity index (χ0v) is 11.3. The van der Waals surface area contributed by atoms with E-state index in [0.29, 0.717) is 0 Å². The average Bonchev–Trinajstić information content (AvgIpc) is 2.37. The summed E-state index contributed by atoms with van der Waals surface area (Å²) >= 11 is 0. The Hall–Kier alpha value is -2.08. The van der Waals surface area contributed by atoms with Gasteiger partial charge < -0.3 is 10.5 Å². The minimum absolute atomic E-state index is 0.0421. The molecule has 0 heterocycles. The monoisotopic (exact) mass is 265 g/mol. The second kappa shape index (κ2) is 6.75. The maximum atomic E-state index is 11.5. The van der Waals surface area contributed by atoms with E-state index in [1.165, 1.54) is 0 Å². The highest BCUT2D eigenvalue weighted by atomic mass is 16.5. The Morgan fingerprint density at radius 2 is 1.79 bits per heavy atom. The van der Waals surface area contributed by atoms with E-state index >= 15 is 0 Å². The van der Waals surface area contributed by atoms with Gasteiger partial charge in [-0.2, -0.15) is 0 Å². The van der Waals surface area contributed by atoms with Gasteiger partial charge in [0.2, 0.25) is 5.91 Å². The van der Waals surface area contributed by atoms with Crippen LogP contribution in [0.5, 0.6) is 5.75 Å². The molecular formula is C13H19N3O3. The molecule has 0 saturated carbocycles. The summed E-state index contributed by atoms with van der Waals surface area (Å²) in [6.45, 7) is 3.59. The number of amides is 3. The highest BCUT2D eigenvalue weighted by molar-refractivity contribution is 5.96. The number of urea groups is 1. The Morgan fingerprint density at radius 1 is 1.21 bits per heavy atom. The maximum Gasteiger partial charge on any atom is 0.318 e. The smallest absolute Gasteiger partial charge is 0.318 e. The third-order valence-electron chi connectivity index (χ3n) is 2.76. The number of carbonyl (C=O) groups excluding carboxylic acids is 2. The number of rotatable bonds is 5. The fraction of sp³-hybridized carbons (Fsp3) is 0.385. The van der Waals surface area contributed by atoms with Gasteiger partial charge in [-0.25, -0.2) is 4.79 Å². The van der Waals surface area contributed by atoms with Gasteiger partial charge in [0.1, 0.15) is 5.75 Å². The van der Waals surface area contributed by atoms with Gasteiger partial charge >= 0.3 is 6.03 Å². The fourth-order valence-electron chi connectivity index (χ4n) is 1.67. The molecule has 0 aromatic heterocycles. The van der Waals surface area contributed by atoms with Gasteiger partial charge in [-0.05, 0) is 31.5 Å². The average molecular weight is 265 g/mol. The summed E-state index contributed by atoms with van der Waals surface area (Å²) in [4.78, 5) is 22.1. The highest BCUT2D eigenvalue weighted by Gasteiger charge is 2.17. The minimum Gasteiger partial charge on any atom is -0.497 e. The lowest BCUT2D eigenvalue weighted by Crippen LogP contribution is -2.47. The number of hydrogen-bond donors (Lipinski definition) is 3. The van der Waals surface area contributed by atoms with Crippen molar-refractivity contribution in [1.29, 1.82) is 0 Å². The molecule has 0 bridgehead atoms. The Labute approximate surface area is 112 Å². The fourth-order valence-corrected chi connectivity index (χ4v) is 1.67. The Kier molecular flexibility index (Phi) is 5.32. The summed E-state index contributed by atoms with van der Waals surface area (Å²) in [6, 6.07) is 6.10. The molecule has 19 heavy (non-hydrogen) atoms. The first-order valence-electron chi connectivity index (χ1n) is 5.94. The molecule has 0 aliphatic carbocycles.